The molecular formula is C10H16O3. The average Bonchev–Trinajstić information content (AvgIpc) is 2.14. The van der Waals surface area contributed by atoms with Crippen molar-refractivity contribution in [2.45, 2.75) is 33.0 Å². The number of carbonyl (C=O) groups excluding carboxylic acids is 1. The number of terminal acetylenes is 1. The third-order valence-electron chi connectivity index (χ3n) is 1.41. The SMILES string of the molecule is C#CCCC(=O)C(OCC)OCC. The molecule has 0 N–H and O–H groups in total. The molecule has 0 amide bonds. The van der Waals surface area contributed by atoms with E-state index in [1.807, 2.05) is 13.8 Å². The Bertz CT molecular complexity index is 175. The molecule has 0 aliphatic heterocycles. The lowest BCUT2D eigenvalue weighted by Crippen LogP contribution is -2.27. The van der Waals surface area contributed by atoms with Gasteiger partial charge >= 0.3 is 0 Å². The van der Waals surface area contributed by atoms with Crippen LogP contribution in [0.15, 0.2) is 0 Å². The third kappa shape index (κ3) is 5.40. The highest BCUT2D eigenvalue weighted by Crippen LogP contribution is 2.02. The highest BCUT2D eigenvalue weighted by Gasteiger charge is 2.17. The Morgan fingerprint density at radius 2 is 1.92 bits per heavy atom. The second-order valence-corrected chi connectivity index (χ2v) is 2.41. The van der Waals surface area contributed by atoms with Crippen molar-refractivity contribution in [1.82, 2.24) is 0 Å². The van der Waals surface area contributed by atoms with Gasteiger partial charge in [-0.25, -0.2) is 0 Å². The zero-order valence-electron chi connectivity index (χ0n) is 8.21. The van der Waals surface area contributed by atoms with Crippen LogP contribution in [0.5, 0.6) is 0 Å². The Kier molecular flexibility index (Phi) is 7.27. The minimum atomic E-state index is -0.733. The normalized spacial score (nSPS) is 10.0. The van der Waals surface area contributed by atoms with Gasteiger partial charge in [0.2, 0.25) is 6.29 Å². The molecule has 0 saturated carbocycles. The second-order valence-electron chi connectivity index (χ2n) is 2.41. The summed E-state index contributed by atoms with van der Waals surface area (Å²) >= 11 is 0. The van der Waals surface area contributed by atoms with Crippen LogP contribution < -0.4 is 0 Å². The monoisotopic (exact) mass is 184 g/mol. The van der Waals surface area contributed by atoms with Crippen LogP contribution >= 0.6 is 0 Å². The van der Waals surface area contributed by atoms with Gasteiger partial charge in [-0.15, -0.1) is 12.3 Å². The lowest BCUT2D eigenvalue weighted by Gasteiger charge is -2.14. The summed E-state index contributed by atoms with van der Waals surface area (Å²) in [6.07, 6.45) is 5.07. The van der Waals surface area contributed by atoms with Crippen LogP contribution in [0.3, 0.4) is 0 Å². The van der Waals surface area contributed by atoms with Crippen molar-refractivity contribution in [2.75, 3.05) is 13.2 Å². The number of ketones is 1. The summed E-state index contributed by atoms with van der Waals surface area (Å²) in [7, 11) is 0. The first kappa shape index (κ1) is 12.2. The highest BCUT2D eigenvalue weighted by atomic mass is 16.7. The smallest absolute Gasteiger partial charge is 0.217 e. The summed E-state index contributed by atoms with van der Waals surface area (Å²) in [5.74, 6) is 2.32. The van der Waals surface area contributed by atoms with Crippen molar-refractivity contribution < 1.29 is 14.3 Å². The topological polar surface area (TPSA) is 35.5 Å². The van der Waals surface area contributed by atoms with Gasteiger partial charge in [-0.1, -0.05) is 0 Å². The summed E-state index contributed by atoms with van der Waals surface area (Å²) in [5, 5.41) is 0. The fourth-order valence-electron chi connectivity index (χ4n) is 0.850. The summed E-state index contributed by atoms with van der Waals surface area (Å²) in [5.41, 5.74) is 0. The average molecular weight is 184 g/mol. The molecule has 0 spiro atoms. The van der Waals surface area contributed by atoms with E-state index in [1.54, 1.807) is 0 Å². The fourth-order valence-corrected chi connectivity index (χ4v) is 0.850. The minimum absolute atomic E-state index is 0.0818. The fraction of sp³-hybridized carbons (Fsp3) is 0.700. The molecule has 0 bridgehead atoms. The summed E-state index contributed by atoms with van der Waals surface area (Å²) in [6, 6.07) is 0. The van der Waals surface area contributed by atoms with Crippen LogP contribution in [0, 0.1) is 12.3 Å². The first-order chi connectivity index (χ1) is 6.26. The molecule has 3 heteroatoms. The number of ether oxygens (including phenoxy) is 2. The van der Waals surface area contributed by atoms with E-state index >= 15 is 0 Å². The maximum atomic E-state index is 11.3. The van der Waals surface area contributed by atoms with Crippen molar-refractivity contribution in [2.24, 2.45) is 0 Å². The van der Waals surface area contributed by atoms with Crippen molar-refractivity contribution in [3.8, 4) is 12.3 Å². The Hall–Kier alpha value is -0.850. The molecule has 74 valence electrons. The number of Topliss-reactive ketones (excluding diaryl/α,β-unsaturated/α-hetero) is 1. The Balaban J connectivity index is 3.88. The number of hydrogen-bond acceptors (Lipinski definition) is 3. The molecule has 13 heavy (non-hydrogen) atoms. The van der Waals surface area contributed by atoms with Gasteiger partial charge in [0.1, 0.15) is 0 Å². The number of rotatable bonds is 7. The van der Waals surface area contributed by atoms with E-state index < -0.39 is 6.29 Å². The van der Waals surface area contributed by atoms with Crippen LogP contribution in [-0.2, 0) is 14.3 Å². The van der Waals surface area contributed by atoms with E-state index in [2.05, 4.69) is 5.92 Å². The third-order valence-corrected chi connectivity index (χ3v) is 1.41. The molecule has 3 nitrogen and oxygen atoms in total. The van der Waals surface area contributed by atoms with Crippen molar-refractivity contribution in [3.63, 3.8) is 0 Å². The van der Waals surface area contributed by atoms with Gasteiger partial charge in [-0.05, 0) is 13.8 Å². The minimum Gasteiger partial charge on any atom is -0.346 e. The van der Waals surface area contributed by atoms with E-state index in [1.165, 1.54) is 0 Å². The molecule has 0 aromatic rings. The maximum absolute atomic E-state index is 11.3. The predicted octanol–water partition coefficient (Wildman–Crippen LogP) is 1.37. The van der Waals surface area contributed by atoms with E-state index in [-0.39, 0.29) is 5.78 Å². The molecule has 0 aromatic carbocycles. The van der Waals surface area contributed by atoms with Crippen LogP contribution in [0.2, 0.25) is 0 Å². The molecule has 0 saturated heterocycles. The van der Waals surface area contributed by atoms with Crippen molar-refractivity contribution >= 4 is 5.78 Å². The molecule has 0 aliphatic carbocycles. The van der Waals surface area contributed by atoms with E-state index in [0.717, 1.165) is 0 Å². The van der Waals surface area contributed by atoms with Crippen molar-refractivity contribution in [3.05, 3.63) is 0 Å². The molecule has 0 aliphatic rings. The summed E-state index contributed by atoms with van der Waals surface area (Å²) in [4.78, 5) is 11.3. The zero-order valence-corrected chi connectivity index (χ0v) is 8.21. The molecule has 0 fully saturated rings. The van der Waals surface area contributed by atoms with Crippen LogP contribution in [-0.4, -0.2) is 25.3 Å². The maximum Gasteiger partial charge on any atom is 0.217 e. The Morgan fingerprint density at radius 1 is 1.38 bits per heavy atom. The molecule has 0 rings (SSSR count). The molecule has 0 unspecified atom stereocenters. The van der Waals surface area contributed by atoms with Gasteiger partial charge in [0, 0.05) is 26.1 Å². The van der Waals surface area contributed by atoms with Crippen LogP contribution in [0.25, 0.3) is 0 Å². The van der Waals surface area contributed by atoms with Gasteiger partial charge in [-0.3, -0.25) is 4.79 Å². The quantitative estimate of drug-likeness (QED) is 0.443. The van der Waals surface area contributed by atoms with E-state index in [9.17, 15) is 4.79 Å². The number of carbonyl (C=O) groups is 1. The van der Waals surface area contributed by atoms with E-state index in [0.29, 0.717) is 26.1 Å². The van der Waals surface area contributed by atoms with Gasteiger partial charge in [0.15, 0.2) is 5.78 Å². The molecular weight excluding hydrogens is 168 g/mol. The largest absolute Gasteiger partial charge is 0.346 e. The van der Waals surface area contributed by atoms with Crippen LogP contribution in [0.1, 0.15) is 26.7 Å². The number of hydrogen-bond donors (Lipinski definition) is 0. The first-order valence-electron chi connectivity index (χ1n) is 4.45. The summed E-state index contributed by atoms with van der Waals surface area (Å²) in [6.45, 7) is 4.57. The molecule has 0 radical (unpaired) electrons. The van der Waals surface area contributed by atoms with Gasteiger partial charge in [-0.2, -0.15) is 0 Å². The molecule has 0 atom stereocenters. The lowest BCUT2D eigenvalue weighted by molar-refractivity contribution is -0.167. The van der Waals surface area contributed by atoms with Crippen molar-refractivity contribution in [1.29, 1.82) is 0 Å². The van der Waals surface area contributed by atoms with Crippen LogP contribution in [0.4, 0.5) is 0 Å². The van der Waals surface area contributed by atoms with Gasteiger partial charge in [0.05, 0.1) is 0 Å². The standard InChI is InChI=1S/C10H16O3/c1-4-7-8-9(11)10(12-5-2)13-6-3/h1,10H,5-8H2,2-3H3. The van der Waals surface area contributed by atoms with Gasteiger partial charge in [0.25, 0.3) is 0 Å². The van der Waals surface area contributed by atoms with E-state index in [4.69, 9.17) is 15.9 Å². The lowest BCUT2D eigenvalue weighted by atomic mass is 10.2. The molecule has 0 aromatic heterocycles. The Labute approximate surface area is 79.4 Å². The summed E-state index contributed by atoms with van der Waals surface area (Å²) < 4.78 is 10.2. The zero-order chi connectivity index (χ0) is 10.1. The second kappa shape index (κ2) is 7.78. The highest BCUT2D eigenvalue weighted by molar-refractivity contribution is 5.82. The Morgan fingerprint density at radius 3 is 2.31 bits per heavy atom. The molecule has 0 heterocycles. The predicted molar refractivity (Wildman–Crippen MR) is 50.1 cm³/mol. The first-order valence-corrected chi connectivity index (χ1v) is 4.45. The van der Waals surface area contributed by atoms with Gasteiger partial charge < -0.3 is 9.47 Å².